The van der Waals surface area contributed by atoms with Crippen molar-refractivity contribution >= 4 is 58.6 Å². The zero-order valence-corrected chi connectivity index (χ0v) is 58.4. The molecule has 5 aromatic rings. The molecule has 0 unspecified atom stereocenters. The molecule has 4 aliphatic heterocycles. The van der Waals surface area contributed by atoms with Crippen molar-refractivity contribution in [3.05, 3.63) is 164 Å². The Hall–Kier alpha value is -8.84. The Labute approximate surface area is 587 Å². The second-order valence-electron chi connectivity index (χ2n) is 27.0. The van der Waals surface area contributed by atoms with E-state index in [1.165, 1.54) is 0 Å². The predicted molar refractivity (Wildman–Crippen MR) is 386 cm³/mol. The number of carbonyl (C=O) groups is 8. The van der Waals surface area contributed by atoms with E-state index in [2.05, 4.69) is 88.1 Å². The van der Waals surface area contributed by atoms with E-state index in [4.69, 9.17) is 0 Å². The van der Waals surface area contributed by atoms with E-state index in [-0.39, 0.29) is 72.0 Å². The van der Waals surface area contributed by atoms with Crippen molar-refractivity contribution < 1.29 is 38.4 Å². The number of hydrogen-bond acceptors (Lipinski definition) is 16. The maximum atomic E-state index is 14.8. The van der Waals surface area contributed by atoms with Gasteiger partial charge in [-0.1, -0.05) is 135 Å². The molecule has 0 bridgehead atoms. The van der Waals surface area contributed by atoms with E-state index in [9.17, 15) is 47.9 Å². The van der Waals surface area contributed by atoms with Crippen LogP contribution in [-0.4, -0.2) is 159 Å². The molecule has 24 nitrogen and oxygen atoms in total. The van der Waals surface area contributed by atoms with E-state index in [1.54, 1.807) is 72.4 Å². The van der Waals surface area contributed by atoms with Crippen LogP contribution in [0.2, 0.25) is 0 Å². The number of fused-ring (bicyclic) bond motifs is 2. The Morgan fingerprint density at radius 1 is 0.430 bits per heavy atom. The standard InChI is InChI=1S/C76H104N14O10/c1-5-57(77-3)69(93)87-63-53(39-45-79-47-49-23-11-7-12-24-49)31-33-55-35-37-59(89(55)75(63)99)71(95)85-61(51-27-15-9-16-28-51)73(97)83-43-21-19-41-81-65-66(68(92)67(65)91)82-42-20-22-44-84-74(98)62(52-29-17-10-18-30-52)86-72(96)60-38-36-56-34-32-54(40-46-80-48-50-25-13-8-14-26-50)64(76(100)90(56)60)88-70(94)58(6-2)78-4/h7-18,23-30,53-64,77-82H,5-6,19-22,31-48H2,1-4H3,(H,83,97)(H,84,98)(H,85,95)(H,86,96)(H,87,93)(H,88,94)/t53-,54-,55+,56+,57+,58+,59+,60+,61+,62+,63+,64+/m1/s1. The third-order valence-electron chi connectivity index (χ3n) is 20.5. The summed E-state index contributed by atoms with van der Waals surface area (Å²) in [7, 11) is 3.43. The van der Waals surface area contributed by atoms with Crippen LogP contribution in [0, 0.1) is 11.8 Å². The number of nitrogens with zero attached hydrogens (tertiary/aromatic N) is 2. The quantitative estimate of drug-likeness (QED) is 0.0192. The van der Waals surface area contributed by atoms with Gasteiger partial charge in [0.25, 0.3) is 10.9 Å². The molecule has 12 atom stereocenters. The van der Waals surface area contributed by atoms with Gasteiger partial charge >= 0.3 is 0 Å². The average Bonchev–Trinajstić information content (AvgIpc) is 1.71. The van der Waals surface area contributed by atoms with Crippen LogP contribution in [0.5, 0.6) is 0 Å². The number of anilines is 2. The van der Waals surface area contributed by atoms with Crippen molar-refractivity contribution in [1.29, 1.82) is 0 Å². The number of benzene rings is 4. The van der Waals surface area contributed by atoms with Crippen molar-refractivity contribution in [3.63, 3.8) is 0 Å². The molecule has 24 heteroatoms. The predicted octanol–water partition coefficient (Wildman–Crippen LogP) is 4.48. The van der Waals surface area contributed by atoms with Crippen molar-refractivity contribution in [3.8, 4) is 0 Å². The first-order chi connectivity index (χ1) is 48.6. The topological polar surface area (TPSA) is 322 Å². The van der Waals surface area contributed by atoms with Crippen LogP contribution >= 0.6 is 0 Å². The molecule has 4 fully saturated rings. The van der Waals surface area contributed by atoms with Gasteiger partial charge in [0.2, 0.25) is 47.3 Å². The van der Waals surface area contributed by atoms with Gasteiger partial charge in [0.05, 0.1) is 12.1 Å². The molecule has 0 spiro atoms. The number of carbonyl (C=O) groups excluding carboxylic acids is 8. The van der Waals surface area contributed by atoms with E-state index in [0.717, 1.165) is 11.1 Å². The summed E-state index contributed by atoms with van der Waals surface area (Å²) in [6, 6.07) is 31.0. The van der Waals surface area contributed by atoms with Crippen LogP contribution in [0.4, 0.5) is 11.4 Å². The molecule has 8 amide bonds. The van der Waals surface area contributed by atoms with E-state index in [1.807, 2.05) is 62.4 Å². The second kappa shape index (κ2) is 38.1. The summed E-state index contributed by atoms with van der Waals surface area (Å²) in [5, 5.41) is 37.4. The number of nitrogens with one attached hydrogen (secondary N) is 12. The maximum absolute atomic E-state index is 14.8. The molecule has 0 aromatic heterocycles. The molecule has 4 saturated heterocycles. The molecule has 0 radical (unpaired) electrons. The first-order valence-electron chi connectivity index (χ1n) is 36.3. The Kier molecular flexibility index (Phi) is 28.7. The number of likely N-dealkylation sites (N-methyl/N-ethyl adjacent to an activating group) is 2. The second-order valence-corrected chi connectivity index (χ2v) is 27.0. The van der Waals surface area contributed by atoms with Crippen LogP contribution in [0.25, 0.3) is 0 Å². The summed E-state index contributed by atoms with van der Waals surface area (Å²) < 4.78 is 0. The Morgan fingerprint density at radius 3 is 1.14 bits per heavy atom. The zero-order valence-electron chi connectivity index (χ0n) is 58.4. The number of rotatable bonds is 38. The van der Waals surface area contributed by atoms with Gasteiger partial charge in [0.1, 0.15) is 47.6 Å². The highest BCUT2D eigenvalue weighted by molar-refractivity contribution is 5.97. The smallest absolute Gasteiger partial charge is 0.253 e. The Balaban J connectivity index is 0.724. The maximum Gasteiger partial charge on any atom is 0.253 e. The molecule has 4 heterocycles. The minimum atomic E-state index is -1.07. The molecule has 0 aliphatic carbocycles. The number of amides is 8. The summed E-state index contributed by atoms with van der Waals surface area (Å²) >= 11 is 0. The molecule has 12 N–H and O–H groups in total. The van der Waals surface area contributed by atoms with E-state index >= 15 is 0 Å². The molecule has 538 valence electrons. The SMILES string of the molecule is CC[C@H](NC)C(=O)N[C@@H]1C(=O)N2[C@@H](CC[C@@H]1CCNCc1ccccc1)CC[C@H]2C(=O)N[C@H](C(=O)NCCCCNc1c(NCCCCNC(=O)[C@@H](NC(=O)[C@@H]2CC[C@@H]3CC[C@H](CCNCc4ccccc4)[C@H](NC(=O)[C@H](CC)NC)C(=O)N32)c2ccccc2)c(=O)c1=O)c1ccccc1. The van der Waals surface area contributed by atoms with E-state index in [0.29, 0.717) is 153 Å². The number of unbranched alkanes of at least 4 members (excludes halogenated alkanes) is 2. The molecule has 4 aliphatic rings. The lowest BCUT2D eigenvalue weighted by Gasteiger charge is -2.33. The minimum absolute atomic E-state index is 0.171. The Bertz CT molecular complexity index is 3320. The zero-order chi connectivity index (χ0) is 70.9. The third-order valence-corrected chi connectivity index (χ3v) is 20.5. The monoisotopic (exact) mass is 1370 g/mol. The van der Waals surface area contributed by atoms with Gasteiger partial charge in [0.15, 0.2) is 0 Å². The third kappa shape index (κ3) is 19.8. The average molecular weight is 1370 g/mol. The summed E-state index contributed by atoms with van der Waals surface area (Å²) in [6.07, 6.45) is 9.12. The minimum Gasteiger partial charge on any atom is -0.380 e. The van der Waals surface area contributed by atoms with Gasteiger partial charge in [-0.25, -0.2) is 0 Å². The van der Waals surface area contributed by atoms with Crippen LogP contribution in [0.15, 0.2) is 131 Å². The molecule has 5 aromatic carbocycles. The van der Waals surface area contributed by atoms with Gasteiger partial charge in [0, 0.05) is 51.4 Å². The fraction of sp³-hybridized carbons (Fsp3) is 0.526. The highest BCUT2D eigenvalue weighted by Gasteiger charge is 2.50. The van der Waals surface area contributed by atoms with Crippen LogP contribution in [0.1, 0.15) is 151 Å². The largest absolute Gasteiger partial charge is 0.380 e. The highest BCUT2D eigenvalue weighted by atomic mass is 16.2. The summed E-state index contributed by atoms with van der Waals surface area (Å²) in [4.78, 5) is 143. The lowest BCUT2D eigenvalue weighted by Crippen LogP contribution is -2.58. The van der Waals surface area contributed by atoms with Crippen molar-refractivity contribution in [2.75, 3.05) is 64.0 Å². The van der Waals surface area contributed by atoms with Crippen molar-refractivity contribution in [2.24, 2.45) is 11.8 Å². The first-order valence-corrected chi connectivity index (χ1v) is 36.3. The van der Waals surface area contributed by atoms with Crippen molar-refractivity contribution in [2.45, 2.75) is 190 Å². The first kappa shape index (κ1) is 75.4. The van der Waals surface area contributed by atoms with Gasteiger partial charge in [-0.15, -0.1) is 0 Å². The lowest BCUT2D eigenvalue weighted by molar-refractivity contribution is -0.144. The highest BCUT2D eigenvalue weighted by Crippen LogP contribution is 2.37. The van der Waals surface area contributed by atoms with Gasteiger partial charge in [-0.05, 0) is 164 Å². The lowest BCUT2D eigenvalue weighted by atomic mass is 9.90. The fourth-order valence-electron chi connectivity index (χ4n) is 14.8. The van der Waals surface area contributed by atoms with Crippen molar-refractivity contribution in [1.82, 2.24) is 63.0 Å². The fourth-order valence-corrected chi connectivity index (χ4v) is 14.8. The van der Waals surface area contributed by atoms with Crippen LogP contribution in [0.3, 0.4) is 0 Å². The van der Waals surface area contributed by atoms with E-state index < -0.39 is 82.8 Å². The van der Waals surface area contributed by atoms with Gasteiger partial charge < -0.3 is 73.6 Å². The van der Waals surface area contributed by atoms with Crippen LogP contribution < -0.4 is 74.7 Å². The Morgan fingerprint density at radius 2 is 0.780 bits per heavy atom. The van der Waals surface area contributed by atoms with Crippen LogP contribution in [-0.2, 0) is 51.4 Å². The molecular formula is C76H104N14O10. The summed E-state index contributed by atoms with van der Waals surface area (Å²) in [5.41, 5.74) is 2.49. The molecule has 100 heavy (non-hydrogen) atoms. The molecular weight excluding hydrogens is 1270 g/mol. The molecule has 0 saturated carbocycles. The summed E-state index contributed by atoms with van der Waals surface area (Å²) in [5.74, 6) is -3.23. The van der Waals surface area contributed by atoms with Gasteiger partial charge in [-0.2, -0.15) is 0 Å². The molecule has 9 rings (SSSR count). The van der Waals surface area contributed by atoms with Gasteiger partial charge in [-0.3, -0.25) is 47.9 Å². The normalized spacial score (nSPS) is 21.6. The summed E-state index contributed by atoms with van der Waals surface area (Å²) in [6.45, 7) is 7.54. The number of hydrogen-bond donors (Lipinski definition) is 12.